The van der Waals surface area contributed by atoms with Crippen LogP contribution >= 0.6 is 35.4 Å². The zero-order chi connectivity index (χ0) is 18.8. The molecule has 0 bridgehead atoms. The van der Waals surface area contributed by atoms with E-state index in [2.05, 4.69) is 10.6 Å². The van der Waals surface area contributed by atoms with E-state index in [1.54, 1.807) is 30.3 Å². The number of benzene rings is 1. The highest BCUT2D eigenvalue weighted by Crippen LogP contribution is 2.43. The van der Waals surface area contributed by atoms with Crippen molar-refractivity contribution in [1.82, 2.24) is 5.32 Å². The van der Waals surface area contributed by atoms with Crippen LogP contribution in [-0.4, -0.2) is 32.0 Å². The molecule has 2 unspecified atom stereocenters. The molecule has 0 saturated heterocycles. The number of aliphatic hydroxyl groups is 1. The maximum Gasteiger partial charge on any atom is 0.317 e. The fourth-order valence-electron chi connectivity index (χ4n) is 2.31. The van der Waals surface area contributed by atoms with Crippen LogP contribution in [-0.2, 0) is 4.79 Å². The van der Waals surface area contributed by atoms with E-state index < -0.39 is 16.0 Å². The van der Waals surface area contributed by atoms with Crippen molar-refractivity contribution in [2.75, 3.05) is 5.32 Å². The van der Waals surface area contributed by atoms with Gasteiger partial charge in [0, 0.05) is 18.2 Å². The van der Waals surface area contributed by atoms with Gasteiger partial charge >= 0.3 is 6.03 Å². The number of primary amides is 1. The number of carbonyl (C=O) groups is 2. The number of amides is 3. The molecule has 2 rings (SSSR count). The maximum absolute atomic E-state index is 11.4. The molecule has 25 heavy (non-hydrogen) atoms. The fraction of sp³-hybridized carbons (Fsp3) is 0.188. The zero-order valence-electron chi connectivity index (χ0n) is 13.0. The van der Waals surface area contributed by atoms with Crippen LogP contribution in [0.3, 0.4) is 0 Å². The fourth-order valence-corrected chi connectivity index (χ4v) is 3.12. The standard InChI is InChI=1S/C16H15Cl2N3O3S/c1-9(22)20-12-5-3-2-4-11(12)10-6-7-16(18,24)15(17,8-10)13(25)21-14(19)23/h2-8,24H,1H3,(H,20,22)(H3,19,21,23,25). The SMILES string of the molecule is CC(=O)Nc1ccccc1C1=CC(Cl)(C(=S)NC(N)=O)C(O)(Cl)C=C1. The molecule has 1 aliphatic rings. The van der Waals surface area contributed by atoms with Crippen molar-refractivity contribution in [2.24, 2.45) is 5.73 Å². The van der Waals surface area contributed by atoms with Crippen LogP contribution in [0.15, 0.2) is 42.5 Å². The summed E-state index contributed by atoms with van der Waals surface area (Å²) in [7, 11) is 0. The lowest BCUT2D eigenvalue weighted by Gasteiger charge is -2.37. The van der Waals surface area contributed by atoms with E-state index in [4.69, 9.17) is 41.2 Å². The van der Waals surface area contributed by atoms with Crippen molar-refractivity contribution in [1.29, 1.82) is 0 Å². The zero-order valence-corrected chi connectivity index (χ0v) is 15.4. The number of para-hydroxylation sites is 1. The van der Waals surface area contributed by atoms with Gasteiger partial charge in [0.2, 0.25) is 5.91 Å². The Bertz CT molecular complexity index is 808. The van der Waals surface area contributed by atoms with E-state index in [0.717, 1.165) is 0 Å². The molecule has 1 aliphatic carbocycles. The summed E-state index contributed by atoms with van der Waals surface area (Å²) in [5.74, 6) is -0.246. The van der Waals surface area contributed by atoms with Gasteiger partial charge < -0.3 is 21.5 Å². The highest BCUT2D eigenvalue weighted by Gasteiger charge is 2.51. The van der Waals surface area contributed by atoms with Crippen LogP contribution < -0.4 is 16.4 Å². The minimum atomic E-state index is -2.08. The average molecular weight is 400 g/mol. The lowest BCUT2D eigenvalue weighted by atomic mass is 9.88. The Labute approximate surface area is 159 Å². The van der Waals surface area contributed by atoms with E-state index in [0.29, 0.717) is 16.8 Å². The molecule has 0 radical (unpaired) electrons. The minimum absolute atomic E-state index is 0.246. The summed E-state index contributed by atoms with van der Waals surface area (Å²) in [5, 5.41) is 13.2. The van der Waals surface area contributed by atoms with Gasteiger partial charge in [-0.3, -0.25) is 4.79 Å². The van der Waals surface area contributed by atoms with Gasteiger partial charge in [0.25, 0.3) is 0 Å². The molecule has 5 N–H and O–H groups in total. The summed E-state index contributed by atoms with van der Waals surface area (Å²) in [5.41, 5.74) is 6.78. The Hall–Kier alpha value is -1.93. The molecule has 0 fully saturated rings. The Kier molecular flexibility index (Phi) is 5.53. The van der Waals surface area contributed by atoms with Gasteiger partial charge in [-0.15, -0.1) is 11.6 Å². The lowest BCUT2D eigenvalue weighted by molar-refractivity contribution is -0.114. The number of hydrogen-bond acceptors (Lipinski definition) is 4. The highest BCUT2D eigenvalue weighted by molar-refractivity contribution is 7.80. The second-order valence-corrected chi connectivity index (χ2v) is 6.94. The van der Waals surface area contributed by atoms with Crippen LogP contribution in [0, 0.1) is 0 Å². The Morgan fingerprint density at radius 2 is 1.92 bits per heavy atom. The van der Waals surface area contributed by atoms with Crippen molar-refractivity contribution >= 4 is 63.6 Å². The number of carbonyl (C=O) groups excluding carboxylic acids is 2. The van der Waals surface area contributed by atoms with Gasteiger partial charge in [-0.25, -0.2) is 4.79 Å². The summed E-state index contributed by atoms with van der Waals surface area (Å²) in [6.45, 7) is 1.39. The number of nitrogens with two attached hydrogens (primary N) is 1. The number of allylic oxidation sites excluding steroid dienone is 2. The number of hydrogen-bond donors (Lipinski definition) is 4. The monoisotopic (exact) mass is 399 g/mol. The second-order valence-electron chi connectivity index (χ2n) is 5.36. The molecule has 3 amide bonds. The van der Waals surface area contributed by atoms with Gasteiger partial charge in [-0.2, -0.15) is 0 Å². The Balaban J connectivity index is 2.53. The molecule has 2 atom stereocenters. The third-order valence-corrected chi connectivity index (χ3v) is 5.11. The molecule has 9 heteroatoms. The predicted molar refractivity (Wildman–Crippen MR) is 103 cm³/mol. The molecule has 0 aromatic heterocycles. The van der Waals surface area contributed by atoms with Crippen LogP contribution in [0.1, 0.15) is 12.5 Å². The summed E-state index contributed by atoms with van der Waals surface area (Å²) >= 11 is 17.6. The van der Waals surface area contributed by atoms with E-state index >= 15 is 0 Å². The molecule has 132 valence electrons. The van der Waals surface area contributed by atoms with Gasteiger partial charge in [0.05, 0.1) is 0 Å². The van der Waals surface area contributed by atoms with Gasteiger partial charge in [-0.05, 0) is 23.8 Å². The highest BCUT2D eigenvalue weighted by atomic mass is 35.5. The quantitative estimate of drug-likeness (QED) is 0.462. The number of anilines is 1. The van der Waals surface area contributed by atoms with E-state index in [1.807, 2.05) is 0 Å². The number of alkyl halides is 2. The van der Waals surface area contributed by atoms with Crippen molar-refractivity contribution in [3.63, 3.8) is 0 Å². The molecule has 0 aliphatic heterocycles. The Morgan fingerprint density at radius 3 is 2.52 bits per heavy atom. The third-order valence-electron chi connectivity index (χ3n) is 3.46. The molecule has 1 aromatic carbocycles. The first-order valence-corrected chi connectivity index (χ1v) is 8.23. The second kappa shape index (κ2) is 7.13. The van der Waals surface area contributed by atoms with E-state index in [-0.39, 0.29) is 10.9 Å². The maximum atomic E-state index is 11.4. The molecule has 1 aromatic rings. The first kappa shape index (κ1) is 19.4. The number of rotatable bonds is 3. The van der Waals surface area contributed by atoms with Gasteiger partial charge in [-0.1, -0.05) is 48.1 Å². The number of halogens is 2. The lowest BCUT2D eigenvalue weighted by Crippen LogP contribution is -2.56. The smallest absolute Gasteiger partial charge is 0.317 e. The van der Waals surface area contributed by atoms with Crippen molar-refractivity contribution in [3.05, 3.63) is 48.1 Å². The van der Waals surface area contributed by atoms with Crippen LogP contribution in [0.5, 0.6) is 0 Å². The molecule has 6 nitrogen and oxygen atoms in total. The van der Waals surface area contributed by atoms with Crippen LogP contribution in [0.2, 0.25) is 0 Å². The summed E-state index contributed by atoms with van der Waals surface area (Å²) in [4.78, 5) is 20.4. The van der Waals surface area contributed by atoms with E-state index in [1.165, 1.54) is 19.1 Å². The predicted octanol–water partition coefficient (Wildman–Crippen LogP) is 2.50. The summed E-state index contributed by atoms with van der Waals surface area (Å²) in [6.07, 6.45) is 4.19. The minimum Gasteiger partial charge on any atom is -0.369 e. The first-order valence-electron chi connectivity index (χ1n) is 7.07. The van der Waals surface area contributed by atoms with E-state index in [9.17, 15) is 14.7 Å². The van der Waals surface area contributed by atoms with Crippen molar-refractivity contribution < 1.29 is 14.7 Å². The summed E-state index contributed by atoms with van der Waals surface area (Å²) < 4.78 is 0. The number of thiocarbonyl (C=S) groups is 1. The van der Waals surface area contributed by atoms with Gasteiger partial charge in [0.15, 0.2) is 9.93 Å². The molecule has 0 spiro atoms. The molecule has 0 saturated carbocycles. The largest absolute Gasteiger partial charge is 0.369 e. The molecular formula is C16H15Cl2N3O3S. The van der Waals surface area contributed by atoms with Crippen molar-refractivity contribution in [3.8, 4) is 0 Å². The molecule has 0 heterocycles. The molecular weight excluding hydrogens is 385 g/mol. The third kappa shape index (κ3) is 4.01. The van der Waals surface area contributed by atoms with Crippen LogP contribution in [0.25, 0.3) is 5.57 Å². The van der Waals surface area contributed by atoms with Crippen molar-refractivity contribution in [2.45, 2.75) is 16.9 Å². The normalized spacial score (nSPS) is 25.0. The number of urea groups is 1. The topological polar surface area (TPSA) is 104 Å². The van der Waals surface area contributed by atoms with Gasteiger partial charge in [0.1, 0.15) is 4.99 Å². The Morgan fingerprint density at radius 1 is 1.28 bits per heavy atom. The number of nitrogens with one attached hydrogen (secondary N) is 2. The van der Waals surface area contributed by atoms with Crippen LogP contribution in [0.4, 0.5) is 10.5 Å². The summed E-state index contributed by atoms with van der Waals surface area (Å²) in [6, 6.07) is 6.06. The average Bonchev–Trinajstić information content (AvgIpc) is 2.49. The first-order chi connectivity index (χ1) is 11.6.